The van der Waals surface area contributed by atoms with Crippen molar-refractivity contribution in [3.05, 3.63) is 81.7 Å². The zero-order chi connectivity index (χ0) is 20.0. The van der Waals surface area contributed by atoms with Crippen LogP contribution in [-0.2, 0) is 13.1 Å². The van der Waals surface area contributed by atoms with Crippen LogP contribution in [0.4, 0.5) is 0 Å². The largest absolute Gasteiger partial charge is 0.503 e. The van der Waals surface area contributed by atoms with Crippen LogP contribution >= 0.6 is 11.3 Å². The average molecular weight is 403 g/mol. The third kappa shape index (κ3) is 3.00. The minimum absolute atomic E-state index is 0.0438. The van der Waals surface area contributed by atoms with Crippen molar-refractivity contribution in [2.24, 2.45) is 0 Å². The zero-order valence-corrected chi connectivity index (χ0v) is 16.2. The number of pyridine rings is 1. The highest BCUT2D eigenvalue weighted by atomic mass is 32.1. The fraction of sp³-hybridized carbons (Fsp3) is 0.136. The number of carbonyl (C=O) groups excluding carboxylic acids is 1. The van der Waals surface area contributed by atoms with Gasteiger partial charge in [0.1, 0.15) is 5.01 Å². The number of carbonyl (C=O) groups is 1. The molecule has 1 amide bonds. The Balaban J connectivity index is 1.49. The van der Waals surface area contributed by atoms with E-state index in [0.717, 1.165) is 16.3 Å². The van der Waals surface area contributed by atoms with Gasteiger partial charge in [-0.3, -0.25) is 9.59 Å². The van der Waals surface area contributed by atoms with E-state index in [1.807, 2.05) is 36.4 Å². The average Bonchev–Trinajstić information content (AvgIpc) is 3.27. The van der Waals surface area contributed by atoms with Crippen LogP contribution in [0, 0.1) is 0 Å². The number of nitrogens with zero attached hydrogens (tertiary/aromatic N) is 3. The van der Waals surface area contributed by atoms with Crippen LogP contribution in [0.1, 0.15) is 16.1 Å². The van der Waals surface area contributed by atoms with Crippen LogP contribution in [-0.4, -0.2) is 32.0 Å². The van der Waals surface area contributed by atoms with Crippen molar-refractivity contribution in [3.8, 4) is 16.3 Å². The first-order chi connectivity index (χ1) is 14.1. The van der Waals surface area contributed by atoms with Crippen LogP contribution in [0.25, 0.3) is 21.3 Å². The molecule has 0 saturated heterocycles. The smallest absolute Gasteiger partial charge is 0.274 e. The van der Waals surface area contributed by atoms with Crippen molar-refractivity contribution in [3.63, 3.8) is 0 Å². The molecule has 2 aromatic carbocycles. The van der Waals surface area contributed by atoms with Gasteiger partial charge >= 0.3 is 0 Å². The lowest BCUT2D eigenvalue weighted by atomic mass is 10.1. The highest BCUT2D eigenvalue weighted by Gasteiger charge is 2.30. The van der Waals surface area contributed by atoms with Crippen molar-refractivity contribution in [1.82, 2.24) is 14.5 Å². The summed E-state index contributed by atoms with van der Waals surface area (Å²) in [6.07, 6.45) is 3.23. The molecule has 0 saturated carbocycles. The minimum atomic E-state index is -0.563. The van der Waals surface area contributed by atoms with Gasteiger partial charge in [-0.15, -0.1) is 11.3 Å². The van der Waals surface area contributed by atoms with E-state index in [1.54, 1.807) is 27.2 Å². The van der Waals surface area contributed by atoms with Crippen LogP contribution in [0.2, 0.25) is 0 Å². The third-order valence-corrected chi connectivity index (χ3v) is 6.01. The summed E-state index contributed by atoms with van der Waals surface area (Å²) >= 11 is 1.32. The SMILES string of the molecule is O=C1c2c(O)c(=O)c(-c3nccs3)cn2CCN1Cc1ccc2ccccc2c1. The van der Waals surface area contributed by atoms with Gasteiger partial charge in [0.2, 0.25) is 5.43 Å². The minimum Gasteiger partial charge on any atom is -0.503 e. The number of thiazole rings is 1. The summed E-state index contributed by atoms with van der Waals surface area (Å²) in [5.41, 5.74) is 0.804. The molecule has 2 aromatic heterocycles. The lowest BCUT2D eigenvalue weighted by Crippen LogP contribution is -2.41. The van der Waals surface area contributed by atoms with Crippen LogP contribution in [0.5, 0.6) is 5.75 Å². The maximum absolute atomic E-state index is 13.0. The van der Waals surface area contributed by atoms with Crippen molar-refractivity contribution >= 4 is 28.0 Å². The first-order valence-corrected chi connectivity index (χ1v) is 10.1. The summed E-state index contributed by atoms with van der Waals surface area (Å²) in [6, 6.07) is 14.2. The molecule has 4 aromatic rings. The van der Waals surface area contributed by atoms with E-state index >= 15 is 0 Å². The third-order valence-electron chi connectivity index (χ3n) is 5.21. The number of fused-ring (bicyclic) bond motifs is 2. The molecule has 1 aliphatic heterocycles. The van der Waals surface area contributed by atoms with E-state index in [9.17, 15) is 14.7 Å². The van der Waals surface area contributed by atoms with E-state index in [-0.39, 0.29) is 11.6 Å². The number of rotatable bonds is 3. The maximum Gasteiger partial charge on any atom is 0.274 e. The molecule has 0 unspecified atom stereocenters. The van der Waals surface area contributed by atoms with Gasteiger partial charge in [0.15, 0.2) is 11.4 Å². The Morgan fingerprint density at radius 2 is 1.90 bits per heavy atom. The standard InChI is InChI=1S/C22H17N3O3S/c26-19-17(21-23-7-10-29-21)13-24-8-9-25(22(28)18(24)20(19)27)12-14-5-6-15-3-1-2-4-16(15)11-14/h1-7,10-11,13,27H,8-9,12H2. The molecule has 5 rings (SSSR count). The predicted octanol–water partition coefficient (Wildman–Crippen LogP) is 3.49. The Kier molecular flexibility index (Phi) is 4.17. The molecular weight excluding hydrogens is 386 g/mol. The second kappa shape index (κ2) is 6.86. The van der Waals surface area contributed by atoms with E-state index in [1.165, 1.54) is 11.3 Å². The summed E-state index contributed by atoms with van der Waals surface area (Å²) < 4.78 is 1.66. The Hall–Kier alpha value is -3.45. The van der Waals surface area contributed by atoms with Crippen molar-refractivity contribution in [1.29, 1.82) is 0 Å². The van der Waals surface area contributed by atoms with Gasteiger partial charge in [-0.05, 0) is 22.4 Å². The van der Waals surface area contributed by atoms with Crippen molar-refractivity contribution in [2.45, 2.75) is 13.1 Å². The number of amides is 1. The summed E-state index contributed by atoms with van der Waals surface area (Å²) in [7, 11) is 0. The number of hydrogen-bond acceptors (Lipinski definition) is 5. The number of aromatic hydroxyl groups is 1. The van der Waals surface area contributed by atoms with Gasteiger partial charge in [-0.2, -0.15) is 0 Å². The summed E-state index contributed by atoms with van der Waals surface area (Å²) in [6.45, 7) is 1.42. The number of hydrogen-bond donors (Lipinski definition) is 1. The first kappa shape index (κ1) is 17.6. The molecule has 1 aliphatic rings. The molecule has 0 spiro atoms. The fourth-order valence-electron chi connectivity index (χ4n) is 3.75. The van der Waals surface area contributed by atoms with Gasteiger partial charge in [-0.1, -0.05) is 36.4 Å². The monoisotopic (exact) mass is 403 g/mol. The lowest BCUT2D eigenvalue weighted by Gasteiger charge is -2.30. The van der Waals surface area contributed by atoms with Gasteiger partial charge < -0.3 is 14.6 Å². The topological polar surface area (TPSA) is 75.4 Å². The molecule has 0 radical (unpaired) electrons. The summed E-state index contributed by atoms with van der Waals surface area (Å²) in [5.74, 6) is -0.851. The highest BCUT2D eigenvalue weighted by molar-refractivity contribution is 7.13. The molecule has 0 bridgehead atoms. The molecular formula is C22H17N3O3S. The normalized spacial score (nSPS) is 13.7. The number of aromatic nitrogens is 2. The molecule has 144 valence electrons. The predicted molar refractivity (Wildman–Crippen MR) is 112 cm³/mol. The molecule has 7 heteroatoms. The second-order valence-electron chi connectivity index (χ2n) is 7.01. The lowest BCUT2D eigenvalue weighted by molar-refractivity contribution is 0.0683. The van der Waals surface area contributed by atoms with E-state index in [2.05, 4.69) is 11.1 Å². The molecule has 1 N–H and O–H groups in total. The Morgan fingerprint density at radius 3 is 2.69 bits per heavy atom. The molecule has 0 fully saturated rings. The molecule has 29 heavy (non-hydrogen) atoms. The van der Waals surface area contributed by atoms with Crippen molar-refractivity contribution < 1.29 is 9.90 Å². The van der Waals surface area contributed by atoms with E-state index < -0.39 is 11.2 Å². The maximum atomic E-state index is 13.0. The van der Waals surface area contributed by atoms with Crippen LogP contribution < -0.4 is 5.43 Å². The van der Waals surface area contributed by atoms with Gasteiger partial charge in [0.25, 0.3) is 5.91 Å². The summed E-state index contributed by atoms with van der Waals surface area (Å²) in [4.78, 5) is 31.5. The molecule has 3 heterocycles. The van der Waals surface area contributed by atoms with E-state index in [0.29, 0.717) is 30.2 Å². The van der Waals surface area contributed by atoms with Gasteiger partial charge in [-0.25, -0.2) is 4.98 Å². The van der Waals surface area contributed by atoms with Crippen LogP contribution in [0.3, 0.4) is 0 Å². The molecule has 0 atom stereocenters. The van der Waals surface area contributed by atoms with Crippen molar-refractivity contribution in [2.75, 3.05) is 6.54 Å². The first-order valence-electron chi connectivity index (χ1n) is 9.25. The quantitative estimate of drug-likeness (QED) is 0.568. The molecule has 0 aliphatic carbocycles. The van der Waals surface area contributed by atoms with E-state index in [4.69, 9.17) is 0 Å². The Morgan fingerprint density at radius 1 is 1.07 bits per heavy atom. The fourth-order valence-corrected chi connectivity index (χ4v) is 4.39. The Bertz CT molecular complexity index is 1290. The zero-order valence-electron chi connectivity index (χ0n) is 15.4. The number of benzene rings is 2. The molecule has 6 nitrogen and oxygen atoms in total. The van der Waals surface area contributed by atoms with Crippen LogP contribution in [0.15, 0.2) is 65.0 Å². The Labute approximate surface area is 170 Å². The second-order valence-corrected chi connectivity index (χ2v) is 7.90. The van der Waals surface area contributed by atoms with Gasteiger partial charge in [0, 0.05) is 37.4 Å². The van der Waals surface area contributed by atoms with Gasteiger partial charge in [0.05, 0.1) is 5.56 Å². The summed E-state index contributed by atoms with van der Waals surface area (Å²) in [5, 5.41) is 15.1. The highest BCUT2D eigenvalue weighted by Crippen LogP contribution is 2.27.